The first-order valence-corrected chi connectivity index (χ1v) is 9.11. The SMILES string of the molecule is CCCN(C(C)C)S(=O)(=O)c1n[nH]c(C)c1CNC1CC1. The Morgan fingerprint density at radius 1 is 1.43 bits per heavy atom. The summed E-state index contributed by atoms with van der Waals surface area (Å²) in [7, 11) is -3.55. The van der Waals surface area contributed by atoms with Crippen molar-refractivity contribution in [3.63, 3.8) is 0 Å². The van der Waals surface area contributed by atoms with Gasteiger partial charge in [-0.05, 0) is 40.0 Å². The second-order valence-corrected chi connectivity index (χ2v) is 7.80. The van der Waals surface area contributed by atoms with Crippen molar-refractivity contribution in [1.82, 2.24) is 19.8 Å². The lowest BCUT2D eigenvalue weighted by Gasteiger charge is -2.24. The molecule has 2 N–H and O–H groups in total. The van der Waals surface area contributed by atoms with Crippen molar-refractivity contribution >= 4 is 10.0 Å². The van der Waals surface area contributed by atoms with E-state index in [0.717, 1.165) is 17.7 Å². The van der Waals surface area contributed by atoms with Gasteiger partial charge in [0.1, 0.15) is 0 Å². The molecule has 1 heterocycles. The van der Waals surface area contributed by atoms with E-state index in [4.69, 9.17) is 0 Å². The molecule has 0 atom stereocenters. The fourth-order valence-corrected chi connectivity index (χ4v) is 4.27. The predicted octanol–water partition coefficient (Wildman–Crippen LogP) is 1.78. The Hall–Kier alpha value is -0.920. The third kappa shape index (κ3) is 3.64. The number of rotatable bonds is 8. The molecule has 7 heteroatoms. The standard InChI is InChI=1S/C14H26N4O2S/c1-5-8-18(10(2)3)21(19,20)14-13(11(4)16-17-14)9-15-12-6-7-12/h10,12,15H,5-9H2,1-4H3,(H,16,17). The largest absolute Gasteiger partial charge is 0.310 e. The molecule has 0 amide bonds. The molecule has 0 spiro atoms. The molecule has 0 aliphatic heterocycles. The van der Waals surface area contributed by atoms with E-state index < -0.39 is 10.0 Å². The molecule has 0 radical (unpaired) electrons. The summed E-state index contributed by atoms with van der Waals surface area (Å²) in [6.45, 7) is 8.72. The molecule has 0 aromatic carbocycles. The lowest BCUT2D eigenvalue weighted by Crippen LogP contribution is -2.38. The first-order chi connectivity index (χ1) is 9.87. The second-order valence-electron chi connectivity index (χ2n) is 6.00. The van der Waals surface area contributed by atoms with Crippen LogP contribution >= 0.6 is 0 Å². The minimum absolute atomic E-state index is 0.0730. The van der Waals surface area contributed by atoms with Gasteiger partial charge < -0.3 is 5.32 Å². The number of sulfonamides is 1. The van der Waals surface area contributed by atoms with Gasteiger partial charge in [-0.15, -0.1) is 0 Å². The summed E-state index contributed by atoms with van der Waals surface area (Å²) in [6.07, 6.45) is 3.14. The summed E-state index contributed by atoms with van der Waals surface area (Å²) in [5.41, 5.74) is 1.59. The highest BCUT2D eigenvalue weighted by atomic mass is 32.2. The lowest BCUT2D eigenvalue weighted by molar-refractivity contribution is 0.352. The Kier molecular flexibility index (Phi) is 5.06. The molecular formula is C14H26N4O2S. The van der Waals surface area contributed by atoms with Crippen molar-refractivity contribution in [2.24, 2.45) is 0 Å². The summed E-state index contributed by atoms with van der Waals surface area (Å²) in [4.78, 5) is 0. The number of H-pyrrole nitrogens is 1. The quantitative estimate of drug-likeness (QED) is 0.766. The highest BCUT2D eigenvalue weighted by Crippen LogP contribution is 2.24. The van der Waals surface area contributed by atoms with Crippen LogP contribution in [0.15, 0.2) is 5.03 Å². The zero-order chi connectivity index (χ0) is 15.6. The topological polar surface area (TPSA) is 78.1 Å². The van der Waals surface area contributed by atoms with Crippen molar-refractivity contribution in [3.05, 3.63) is 11.3 Å². The van der Waals surface area contributed by atoms with E-state index in [1.165, 1.54) is 17.1 Å². The van der Waals surface area contributed by atoms with Gasteiger partial charge in [0, 0.05) is 36.4 Å². The highest BCUT2D eigenvalue weighted by molar-refractivity contribution is 7.89. The van der Waals surface area contributed by atoms with E-state index in [1.807, 2.05) is 27.7 Å². The van der Waals surface area contributed by atoms with Gasteiger partial charge in [-0.2, -0.15) is 9.40 Å². The number of aryl methyl sites for hydroxylation is 1. The Balaban J connectivity index is 2.29. The number of hydrogen-bond acceptors (Lipinski definition) is 4. The molecule has 21 heavy (non-hydrogen) atoms. The van der Waals surface area contributed by atoms with Crippen LogP contribution in [0.2, 0.25) is 0 Å². The van der Waals surface area contributed by atoms with Crippen LogP contribution in [-0.4, -0.2) is 41.5 Å². The minimum atomic E-state index is -3.55. The number of nitrogens with zero attached hydrogens (tertiary/aromatic N) is 2. The molecule has 1 aromatic rings. The van der Waals surface area contributed by atoms with Gasteiger partial charge in [-0.25, -0.2) is 8.42 Å². The Bertz CT molecular complexity index is 576. The normalized spacial score (nSPS) is 16.1. The average molecular weight is 314 g/mol. The predicted molar refractivity (Wildman–Crippen MR) is 82.5 cm³/mol. The minimum Gasteiger partial charge on any atom is -0.310 e. The van der Waals surface area contributed by atoms with Gasteiger partial charge in [0.15, 0.2) is 5.03 Å². The molecule has 2 rings (SSSR count). The summed E-state index contributed by atoms with van der Waals surface area (Å²) in [5.74, 6) is 0. The van der Waals surface area contributed by atoms with Gasteiger partial charge in [0.25, 0.3) is 10.0 Å². The molecule has 0 unspecified atom stereocenters. The Labute approximate surface area is 127 Å². The fourth-order valence-electron chi connectivity index (χ4n) is 2.37. The molecule has 6 nitrogen and oxygen atoms in total. The maximum Gasteiger partial charge on any atom is 0.262 e. The van der Waals surface area contributed by atoms with Crippen LogP contribution in [0, 0.1) is 6.92 Å². The van der Waals surface area contributed by atoms with Gasteiger partial charge >= 0.3 is 0 Å². The fraction of sp³-hybridized carbons (Fsp3) is 0.786. The molecule has 1 aliphatic carbocycles. The van der Waals surface area contributed by atoms with Gasteiger partial charge in [0.2, 0.25) is 0 Å². The smallest absolute Gasteiger partial charge is 0.262 e. The number of aromatic amines is 1. The molecule has 1 saturated carbocycles. The third-order valence-electron chi connectivity index (χ3n) is 3.75. The monoisotopic (exact) mass is 314 g/mol. The van der Waals surface area contributed by atoms with Crippen molar-refractivity contribution in [3.8, 4) is 0 Å². The summed E-state index contributed by atoms with van der Waals surface area (Å²) in [6, 6.07) is 0.461. The molecule has 0 saturated heterocycles. The van der Waals surface area contributed by atoms with E-state index in [9.17, 15) is 8.42 Å². The van der Waals surface area contributed by atoms with Crippen molar-refractivity contribution in [2.45, 2.75) is 70.6 Å². The van der Waals surface area contributed by atoms with Crippen LogP contribution in [0.1, 0.15) is 51.3 Å². The first-order valence-electron chi connectivity index (χ1n) is 7.67. The summed E-state index contributed by atoms with van der Waals surface area (Å²) in [5, 5.41) is 10.4. The van der Waals surface area contributed by atoms with Gasteiger partial charge in [0.05, 0.1) is 0 Å². The van der Waals surface area contributed by atoms with Gasteiger partial charge in [-0.1, -0.05) is 6.92 Å². The Morgan fingerprint density at radius 2 is 2.10 bits per heavy atom. The Morgan fingerprint density at radius 3 is 2.62 bits per heavy atom. The summed E-state index contributed by atoms with van der Waals surface area (Å²) < 4.78 is 27.3. The van der Waals surface area contributed by atoms with Crippen LogP contribution in [-0.2, 0) is 16.6 Å². The number of aromatic nitrogens is 2. The molecule has 1 aliphatic rings. The summed E-state index contributed by atoms with van der Waals surface area (Å²) >= 11 is 0. The maximum absolute atomic E-state index is 12.9. The van der Waals surface area contributed by atoms with Crippen LogP contribution in [0.4, 0.5) is 0 Å². The zero-order valence-corrected chi connectivity index (χ0v) is 14.1. The van der Waals surface area contributed by atoms with Crippen LogP contribution in [0.5, 0.6) is 0 Å². The molecule has 120 valence electrons. The van der Waals surface area contributed by atoms with Crippen molar-refractivity contribution in [2.75, 3.05) is 6.54 Å². The molecule has 0 bridgehead atoms. The van der Waals surface area contributed by atoms with Crippen LogP contribution in [0.3, 0.4) is 0 Å². The molecule has 1 fully saturated rings. The second kappa shape index (κ2) is 6.46. The highest BCUT2D eigenvalue weighted by Gasteiger charge is 2.32. The maximum atomic E-state index is 12.9. The van der Waals surface area contributed by atoms with Gasteiger partial charge in [-0.3, -0.25) is 5.10 Å². The molecular weight excluding hydrogens is 288 g/mol. The number of hydrogen-bond donors (Lipinski definition) is 2. The molecule has 1 aromatic heterocycles. The van der Waals surface area contributed by atoms with E-state index in [1.54, 1.807) is 0 Å². The van der Waals surface area contributed by atoms with E-state index >= 15 is 0 Å². The third-order valence-corrected chi connectivity index (χ3v) is 5.80. The van der Waals surface area contributed by atoms with E-state index in [0.29, 0.717) is 19.1 Å². The lowest BCUT2D eigenvalue weighted by atomic mass is 10.2. The van der Waals surface area contributed by atoms with Crippen LogP contribution < -0.4 is 5.32 Å². The van der Waals surface area contributed by atoms with Crippen molar-refractivity contribution in [1.29, 1.82) is 0 Å². The average Bonchev–Trinajstić information content (AvgIpc) is 3.16. The zero-order valence-electron chi connectivity index (χ0n) is 13.3. The van der Waals surface area contributed by atoms with Crippen molar-refractivity contribution < 1.29 is 8.42 Å². The first kappa shape index (κ1) is 16.5. The van der Waals surface area contributed by atoms with E-state index in [-0.39, 0.29) is 11.1 Å². The van der Waals surface area contributed by atoms with Crippen LogP contribution in [0.25, 0.3) is 0 Å². The number of nitrogens with one attached hydrogen (secondary N) is 2. The van der Waals surface area contributed by atoms with E-state index in [2.05, 4.69) is 15.5 Å².